The van der Waals surface area contributed by atoms with Gasteiger partial charge in [0, 0.05) is 23.6 Å². The number of carbonyl (C=O) groups excluding carboxylic acids is 1. The monoisotopic (exact) mass is 302 g/mol. The molecule has 3 nitrogen and oxygen atoms in total. The van der Waals surface area contributed by atoms with E-state index >= 15 is 0 Å². The minimum Gasteiger partial charge on any atom is -0.340 e. The fraction of sp³-hybridized carbons (Fsp3) is 0.500. The molecule has 1 aromatic carbocycles. The van der Waals surface area contributed by atoms with Gasteiger partial charge in [0.1, 0.15) is 0 Å². The summed E-state index contributed by atoms with van der Waals surface area (Å²) in [7, 11) is 1.74. The first-order chi connectivity index (χ1) is 8.95. The maximum absolute atomic E-state index is 12.1. The smallest absolute Gasteiger partial charge is 0.239 e. The predicted molar refractivity (Wildman–Crippen MR) is 80.4 cm³/mol. The van der Waals surface area contributed by atoms with Gasteiger partial charge in [-0.3, -0.25) is 4.79 Å². The number of unbranched alkanes of at least 4 members (excludes halogenated alkanes) is 1. The SMILES string of the molecule is CCCC[C@H](N)C(=O)N(C)Cc1ccc(Cl)cc1Cl. The first-order valence-electron chi connectivity index (χ1n) is 6.40. The van der Waals surface area contributed by atoms with Crippen LogP contribution < -0.4 is 5.73 Å². The first kappa shape index (κ1) is 16.3. The number of carbonyl (C=O) groups is 1. The summed E-state index contributed by atoms with van der Waals surface area (Å²) in [6, 6.07) is 4.83. The highest BCUT2D eigenvalue weighted by Crippen LogP contribution is 2.22. The fourth-order valence-electron chi connectivity index (χ4n) is 1.81. The lowest BCUT2D eigenvalue weighted by atomic mass is 10.1. The molecule has 0 aliphatic rings. The van der Waals surface area contributed by atoms with E-state index < -0.39 is 6.04 Å². The second-order valence-corrected chi connectivity index (χ2v) is 5.52. The van der Waals surface area contributed by atoms with Crippen molar-refractivity contribution in [1.29, 1.82) is 0 Å². The Balaban J connectivity index is 2.63. The van der Waals surface area contributed by atoms with Crippen LogP contribution in [0, 0.1) is 0 Å². The molecule has 0 radical (unpaired) electrons. The summed E-state index contributed by atoms with van der Waals surface area (Å²) in [6.07, 6.45) is 2.71. The highest BCUT2D eigenvalue weighted by molar-refractivity contribution is 6.35. The van der Waals surface area contributed by atoms with E-state index in [0.717, 1.165) is 18.4 Å². The molecular formula is C14H20Cl2N2O. The lowest BCUT2D eigenvalue weighted by Crippen LogP contribution is -2.41. The lowest BCUT2D eigenvalue weighted by molar-refractivity contribution is -0.132. The number of rotatable bonds is 6. The molecule has 0 saturated carbocycles. The van der Waals surface area contributed by atoms with Crippen LogP contribution in [0.25, 0.3) is 0 Å². The molecule has 2 N–H and O–H groups in total. The minimum absolute atomic E-state index is 0.0560. The Labute approximate surface area is 124 Å². The van der Waals surface area contributed by atoms with Crippen molar-refractivity contribution < 1.29 is 4.79 Å². The van der Waals surface area contributed by atoms with E-state index in [1.807, 2.05) is 6.07 Å². The quantitative estimate of drug-likeness (QED) is 0.874. The summed E-state index contributed by atoms with van der Waals surface area (Å²) >= 11 is 11.9. The van der Waals surface area contributed by atoms with Gasteiger partial charge in [0.25, 0.3) is 0 Å². The summed E-state index contributed by atoms with van der Waals surface area (Å²) in [4.78, 5) is 13.7. The van der Waals surface area contributed by atoms with E-state index in [0.29, 0.717) is 23.0 Å². The van der Waals surface area contributed by atoms with E-state index in [1.54, 1.807) is 24.1 Å². The molecule has 0 aromatic heterocycles. The van der Waals surface area contributed by atoms with E-state index in [2.05, 4.69) is 6.92 Å². The number of hydrogen-bond donors (Lipinski definition) is 1. The van der Waals surface area contributed by atoms with Crippen LogP contribution in [0.5, 0.6) is 0 Å². The number of amides is 1. The standard InChI is InChI=1S/C14H20Cl2N2O/c1-3-4-5-13(17)14(19)18(2)9-10-6-7-11(15)8-12(10)16/h6-8,13H,3-5,9,17H2,1-2H3/t13-/m0/s1. The van der Waals surface area contributed by atoms with Crippen molar-refractivity contribution in [3.8, 4) is 0 Å². The number of nitrogens with two attached hydrogens (primary N) is 1. The van der Waals surface area contributed by atoms with Crippen molar-refractivity contribution >= 4 is 29.1 Å². The summed E-state index contributed by atoms with van der Waals surface area (Å²) in [5.41, 5.74) is 6.74. The second-order valence-electron chi connectivity index (χ2n) is 4.68. The van der Waals surface area contributed by atoms with Crippen molar-refractivity contribution in [2.45, 2.75) is 38.8 Å². The second kappa shape index (κ2) is 7.73. The molecule has 1 aromatic rings. The van der Waals surface area contributed by atoms with E-state index in [4.69, 9.17) is 28.9 Å². The predicted octanol–water partition coefficient (Wildman–Crippen LogP) is 3.47. The third-order valence-electron chi connectivity index (χ3n) is 2.98. The lowest BCUT2D eigenvalue weighted by Gasteiger charge is -2.22. The Hall–Kier alpha value is -0.770. The zero-order valence-corrected chi connectivity index (χ0v) is 12.8. The number of hydrogen-bond acceptors (Lipinski definition) is 2. The summed E-state index contributed by atoms with van der Waals surface area (Å²) < 4.78 is 0. The Morgan fingerprint density at radius 2 is 2.11 bits per heavy atom. The maximum atomic E-state index is 12.1. The maximum Gasteiger partial charge on any atom is 0.239 e. The van der Waals surface area contributed by atoms with Crippen LogP contribution in [0.4, 0.5) is 0 Å². The number of likely N-dealkylation sites (N-methyl/N-ethyl adjacent to an activating group) is 1. The molecule has 0 fully saturated rings. The molecule has 1 amide bonds. The molecule has 0 aliphatic carbocycles. The number of benzene rings is 1. The van der Waals surface area contributed by atoms with Gasteiger partial charge in [-0.25, -0.2) is 0 Å². The Morgan fingerprint density at radius 3 is 2.68 bits per heavy atom. The Morgan fingerprint density at radius 1 is 1.42 bits per heavy atom. The molecule has 0 saturated heterocycles. The van der Waals surface area contributed by atoms with E-state index in [9.17, 15) is 4.79 Å². The summed E-state index contributed by atoms with van der Waals surface area (Å²) in [6.45, 7) is 2.52. The molecule has 0 spiro atoms. The van der Waals surface area contributed by atoms with Crippen molar-refractivity contribution in [3.05, 3.63) is 33.8 Å². The molecular weight excluding hydrogens is 283 g/mol. The van der Waals surface area contributed by atoms with Crippen molar-refractivity contribution in [2.24, 2.45) is 5.73 Å². The molecule has 0 unspecified atom stereocenters. The van der Waals surface area contributed by atoms with Crippen LogP contribution in [-0.4, -0.2) is 23.9 Å². The average molecular weight is 303 g/mol. The molecule has 5 heteroatoms. The van der Waals surface area contributed by atoms with E-state index in [-0.39, 0.29) is 5.91 Å². The summed E-state index contributed by atoms with van der Waals surface area (Å²) in [5, 5.41) is 1.15. The minimum atomic E-state index is -0.434. The molecule has 1 rings (SSSR count). The van der Waals surface area contributed by atoms with Gasteiger partial charge in [0.2, 0.25) is 5.91 Å². The molecule has 0 aliphatic heterocycles. The number of halogens is 2. The van der Waals surface area contributed by atoms with Crippen LogP contribution in [0.1, 0.15) is 31.7 Å². The normalized spacial score (nSPS) is 12.3. The largest absolute Gasteiger partial charge is 0.340 e. The molecule has 1 atom stereocenters. The molecule has 106 valence electrons. The third kappa shape index (κ3) is 5.01. The zero-order valence-electron chi connectivity index (χ0n) is 11.3. The van der Waals surface area contributed by atoms with Crippen LogP contribution in [0.3, 0.4) is 0 Å². The van der Waals surface area contributed by atoms with Gasteiger partial charge in [-0.1, -0.05) is 49.0 Å². The van der Waals surface area contributed by atoms with Gasteiger partial charge < -0.3 is 10.6 Å². The van der Waals surface area contributed by atoms with Crippen molar-refractivity contribution in [3.63, 3.8) is 0 Å². The van der Waals surface area contributed by atoms with Crippen molar-refractivity contribution in [2.75, 3.05) is 7.05 Å². The Kier molecular flexibility index (Phi) is 6.63. The third-order valence-corrected chi connectivity index (χ3v) is 3.57. The fourth-order valence-corrected chi connectivity index (χ4v) is 2.28. The zero-order chi connectivity index (χ0) is 14.4. The van der Waals surface area contributed by atoms with Crippen LogP contribution >= 0.6 is 23.2 Å². The highest BCUT2D eigenvalue weighted by Gasteiger charge is 2.18. The van der Waals surface area contributed by atoms with Crippen LogP contribution in [0.2, 0.25) is 10.0 Å². The van der Waals surface area contributed by atoms with Crippen molar-refractivity contribution in [1.82, 2.24) is 4.90 Å². The van der Waals surface area contributed by atoms with E-state index in [1.165, 1.54) is 0 Å². The number of nitrogens with zero attached hydrogens (tertiary/aromatic N) is 1. The van der Waals surface area contributed by atoms with Gasteiger partial charge in [0.05, 0.1) is 6.04 Å². The first-order valence-corrected chi connectivity index (χ1v) is 7.15. The molecule has 19 heavy (non-hydrogen) atoms. The molecule has 0 heterocycles. The van der Waals surface area contributed by atoms with Crippen LogP contribution in [0.15, 0.2) is 18.2 Å². The topological polar surface area (TPSA) is 46.3 Å². The van der Waals surface area contributed by atoms with Crippen LogP contribution in [-0.2, 0) is 11.3 Å². The van der Waals surface area contributed by atoms with Gasteiger partial charge in [-0.2, -0.15) is 0 Å². The van der Waals surface area contributed by atoms with Gasteiger partial charge in [-0.15, -0.1) is 0 Å². The highest BCUT2D eigenvalue weighted by atomic mass is 35.5. The molecule has 0 bridgehead atoms. The van der Waals surface area contributed by atoms with Gasteiger partial charge >= 0.3 is 0 Å². The summed E-state index contributed by atoms with van der Waals surface area (Å²) in [5.74, 6) is -0.0560. The van der Waals surface area contributed by atoms with Gasteiger partial charge in [0.15, 0.2) is 0 Å². The Bertz CT molecular complexity index is 437. The van der Waals surface area contributed by atoms with Gasteiger partial charge in [-0.05, 0) is 24.1 Å². The average Bonchev–Trinajstić information content (AvgIpc) is 2.38.